The minimum absolute atomic E-state index is 0.605. The SMILES string of the molecule is COc1cncc(C(O)c2cccc3nccnc23)c1. The fourth-order valence-corrected chi connectivity index (χ4v) is 2.11. The van der Waals surface area contributed by atoms with Gasteiger partial charge in [-0.05, 0) is 12.1 Å². The molecule has 0 saturated carbocycles. The Bertz CT molecular complexity index is 741. The van der Waals surface area contributed by atoms with Crippen LogP contribution in [0.25, 0.3) is 11.0 Å². The maximum Gasteiger partial charge on any atom is 0.137 e. The molecule has 1 unspecified atom stereocenters. The number of rotatable bonds is 3. The number of ether oxygens (including phenoxy) is 1. The summed E-state index contributed by atoms with van der Waals surface area (Å²) < 4.78 is 5.13. The van der Waals surface area contributed by atoms with Gasteiger partial charge in [0.15, 0.2) is 0 Å². The summed E-state index contributed by atoms with van der Waals surface area (Å²) in [7, 11) is 1.57. The molecule has 0 aliphatic carbocycles. The number of fused-ring (bicyclic) bond motifs is 1. The van der Waals surface area contributed by atoms with E-state index in [1.165, 1.54) is 0 Å². The molecule has 5 heteroatoms. The quantitative estimate of drug-likeness (QED) is 0.787. The molecule has 1 atom stereocenters. The molecule has 1 aromatic carbocycles. The second-order valence-corrected chi connectivity index (χ2v) is 4.33. The van der Waals surface area contributed by atoms with Gasteiger partial charge in [0, 0.05) is 29.7 Å². The molecule has 2 heterocycles. The summed E-state index contributed by atoms with van der Waals surface area (Å²) in [5.74, 6) is 0.605. The topological polar surface area (TPSA) is 68.1 Å². The summed E-state index contributed by atoms with van der Waals surface area (Å²) in [4.78, 5) is 12.6. The maximum absolute atomic E-state index is 10.5. The molecular weight excluding hydrogens is 254 g/mol. The summed E-state index contributed by atoms with van der Waals surface area (Å²) >= 11 is 0. The number of hydrogen-bond acceptors (Lipinski definition) is 5. The van der Waals surface area contributed by atoms with E-state index in [-0.39, 0.29) is 0 Å². The lowest BCUT2D eigenvalue weighted by atomic mass is 10.0. The normalized spacial score (nSPS) is 12.3. The van der Waals surface area contributed by atoms with Crippen LogP contribution in [0.1, 0.15) is 17.2 Å². The first-order chi connectivity index (χ1) is 9.79. The van der Waals surface area contributed by atoms with Crippen molar-refractivity contribution in [3.63, 3.8) is 0 Å². The van der Waals surface area contributed by atoms with Gasteiger partial charge in [0.1, 0.15) is 11.9 Å². The van der Waals surface area contributed by atoms with Crippen LogP contribution >= 0.6 is 0 Å². The minimum atomic E-state index is -0.821. The van der Waals surface area contributed by atoms with E-state index in [0.717, 1.165) is 5.52 Å². The van der Waals surface area contributed by atoms with Crippen LogP contribution in [0.2, 0.25) is 0 Å². The van der Waals surface area contributed by atoms with Gasteiger partial charge in [-0.1, -0.05) is 12.1 Å². The number of methoxy groups -OCH3 is 1. The Hall–Kier alpha value is -2.53. The molecule has 0 saturated heterocycles. The average molecular weight is 267 g/mol. The van der Waals surface area contributed by atoms with Crippen LogP contribution in [-0.2, 0) is 0 Å². The number of aromatic nitrogens is 3. The molecule has 0 aliphatic heterocycles. The summed E-state index contributed by atoms with van der Waals surface area (Å²) in [5, 5.41) is 10.5. The van der Waals surface area contributed by atoms with E-state index in [1.54, 1.807) is 38.0 Å². The van der Waals surface area contributed by atoms with Gasteiger partial charge >= 0.3 is 0 Å². The summed E-state index contributed by atoms with van der Waals surface area (Å²) in [6.45, 7) is 0. The highest BCUT2D eigenvalue weighted by Crippen LogP contribution is 2.27. The first-order valence-electron chi connectivity index (χ1n) is 6.16. The zero-order chi connectivity index (χ0) is 13.9. The van der Waals surface area contributed by atoms with Gasteiger partial charge in [0.2, 0.25) is 0 Å². The van der Waals surface area contributed by atoms with Crippen LogP contribution in [0.15, 0.2) is 49.1 Å². The van der Waals surface area contributed by atoms with Crippen LogP contribution in [-0.4, -0.2) is 27.2 Å². The first-order valence-corrected chi connectivity index (χ1v) is 6.16. The van der Waals surface area contributed by atoms with Gasteiger partial charge < -0.3 is 9.84 Å². The third-order valence-corrected chi connectivity index (χ3v) is 3.11. The smallest absolute Gasteiger partial charge is 0.137 e. The molecule has 3 rings (SSSR count). The molecule has 0 spiro atoms. The largest absolute Gasteiger partial charge is 0.495 e. The molecule has 1 N–H and O–H groups in total. The molecule has 0 aliphatic rings. The molecule has 100 valence electrons. The number of para-hydroxylation sites is 1. The molecule has 5 nitrogen and oxygen atoms in total. The zero-order valence-corrected chi connectivity index (χ0v) is 10.9. The first kappa shape index (κ1) is 12.5. The second-order valence-electron chi connectivity index (χ2n) is 4.33. The Balaban J connectivity index is 2.10. The molecule has 0 radical (unpaired) electrons. The van der Waals surface area contributed by atoms with E-state index in [1.807, 2.05) is 18.2 Å². The van der Waals surface area contributed by atoms with Crippen molar-refractivity contribution >= 4 is 11.0 Å². The van der Waals surface area contributed by atoms with E-state index < -0.39 is 6.10 Å². The van der Waals surface area contributed by atoms with Crippen molar-refractivity contribution in [2.75, 3.05) is 7.11 Å². The molecular formula is C15H13N3O2. The Morgan fingerprint density at radius 2 is 2.00 bits per heavy atom. The Labute approximate surface area is 115 Å². The maximum atomic E-state index is 10.5. The molecule has 3 aromatic rings. The van der Waals surface area contributed by atoms with E-state index in [0.29, 0.717) is 22.4 Å². The van der Waals surface area contributed by atoms with Gasteiger partial charge in [0.25, 0.3) is 0 Å². The van der Waals surface area contributed by atoms with Gasteiger partial charge in [-0.25, -0.2) is 0 Å². The van der Waals surface area contributed by atoms with Crippen LogP contribution in [0.4, 0.5) is 0 Å². The number of aliphatic hydroxyl groups is 1. The van der Waals surface area contributed by atoms with Gasteiger partial charge in [-0.3, -0.25) is 15.0 Å². The third-order valence-electron chi connectivity index (χ3n) is 3.11. The summed E-state index contributed by atoms with van der Waals surface area (Å²) in [5.41, 5.74) is 2.79. The number of aliphatic hydroxyl groups excluding tert-OH is 1. The van der Waals surface area contributed by atoms with Crippen LogP contribution in [0.3, 0.4) is 0 Å². The van der Waals surface area contributed by atoms with Crippen molar-refractivity contribution < 1.29 is 9.84 Å². The Morgan fingerprint density at radius 1 is 1.15 bits per heavy atom. The molecule has 20 heavy (non-hydrogen) atoms. The summed E-state index contributed by atoms with van der Waals surface area (Å²) in [6.07, 6.45) is 5.63. The van der Waals surface area contributed by atoms with Crippen molar-refractivity contribution in [1.29, 1.82) is 0 Å². The Kier molecular flexibility index (Phi) is 3.26. The number of benzene rings is 1. The van der Waals surface area contributed by atoms with E-state index in [4.69, 9.17) is 4.74 Å². The summed E-state index contributed by atoms with van der Waals surface area (Å²) in [6, 6.07) is 7.31. The van der Waals surface area contributed by atoms with E-state index in [2.05, 4.69) is 15.0 Å². The highest BCUT2D eigenvalue weighted by Gasteiger charge is 2.15. The highest BCUT2D eigenvalue weighted by atomic mass is 16.5. The monoisotopic (exact) mass is 267 g/mol. The molecule has 0 amide bonds. The predicted octanol–water partition coefficient (Wildman–Crippen LogP) is 2.12. The number of nitrogens with zero attached hydrogens (tertiary/aromatic N) is 3. The predicted molar refractivity (Wildman–Crippen MR) is 74.4 cm³/mol. The Morgan fingerprint density at radius 3 is 2.85 bits per heavy atom. The molecule has 0 fully saturated rings. The molecule has 2 aromatic heterocycles. The van der Waals surface area contributed by atoms with Crippen LogP contribution in [0, 0.1) is 0 Å². The lowest BCUT2D eigenvalue weighted by Gasteiger charge is -2.13. The van der Waals surface area contributed by atoms with E-state index in [9.17, 15) is 5.11 Å². The van der Waals surface area contributed by atoms with E-state index >= 15 is 0 Å². The van der Waals surface area contributed by atoms with Crippen molar-refractivity contribution in [3.05, 3.63) is 60.2 Å². The van der Waals surface area contributed by atoms with Gasteiger partial charge in [0.05, 0.1) is 24.3 Å². The second kappa shape index (κ2) is 5.22. The standard InChI is InChI=1S/C15H13N3O2/c1-20-11-7-10(8-16-9-11)15(19)12-3-2-4-13-14(12)18-6-5-17-13/h2-9,15,19H,1H3. The lowest BCUT2D eigenvalue weighted by Crippen LogP contribution is -2.03. The average Bonchev–Trinajstić information content (AvgIpc) is 2.53. The van der Waals surface area contributed by atoms with Gasteiger partial charge in [-0.2, -0.15) is 0 Å². The van der Waals surface area contributed by atoms with Gasteiger partial charge in [-0.15, -0.1) is 0 Å². The van der Waals surface area contributed by atoms with Crippen molar-refractivity contribution in [3.8, 4) is 5.75 Å². The number of hydrogen-bond donors (Lipinski definition) is 1. The lowest BCUT2D eigenvalue weighted by molar-refractivity contribution is 0.220. The van der Waals surface area contributed by atoms with Crippen molar-refractivity contribution in [1.82, 2.24) is 15.0 Å². The fourth-order valence-electron chi connectivity index (χ4n) is 2.11. The third kappa shape index (κ3) is 2.19. The molecule has 0 bridgehead atoms. The van der Waals surface area contributed by atoms with Crippen LogP contribution < -0.4 is 4.74 Å². The number of pyridine rings is 1. The van der Waals surface area contributed by atoms with Crippen LogP contribution in [0.5, 0.6) is 5.75 Å². The van der Waals surface area contributed by atoms with Crippen molar-refractivity contribution in [2.24, 2.45) is 0 Å². The zero-order valence-electron chi connectivity index (χ0n) is 10.9. The fraction of sp³-hybridized carbons (Fsp3) is 0.133. The highest BCUT2D eigenvalue weighted by molar-refractivity contribution is 5.78. The minimum Gasteiger partial charge on any atom is -0.495 e. The van der Waals surface area contributed by atoms with Crippen molar-refractivity contribution in [2.45, 2.75) is 6.10 Å².